The Balaban J connectivity index is 0.00000242. The molecule has 2 aromatic carbocycles. The average molecular weight is 338 g/mol. The fourth-order valence-corrected chi connectivity index (χ4v) is 1.61. The molecule has 112 valence electrons. The third-order valence-electron chi connectivity index (χ3n) is 2.60. The summed E-state index contributed by atoms with van der Waals surface area (Å²) >= 11 is 0. The molecule has 0 amide bonds. The Kier molecular flexibility index (Phi) is 8.68. The van der Waals surface area contributed by atoms with E-state index in [2.05, 4.69) is 0 Å². The van der Waals surface area contributed by atoms with E-state index < -0.39 is 17.7 Å². The van der Waals surface area contributed by atoms with E-state index in [1.807, 2.05) is 0 Å². The number of carbonyl (C=O) groups excluding carboxylic acids is 1. The van der Waals surface area contributed by atoms with E-state index in [9.17, 15) is 24.9 Å². The van der Waals surface area contributed by atoms with Crippen LogP contribution in [0.3, 0.4) is 0 Å². The zero-order valence-electron chi connectivity index (χ0n) is 10.5. The Hall–Kier alpha value is -1.22. The van der Waals surface area contributed by atoms with Gasteiger partial charge in [0.1, 0.15) is 34.1 Å². The first kappa shape index (κ1) is 21.8. The number of aromatic carboxylic acids is 1. The Labute approximate surface area is 175 Å². The summed E-state index contributed by atoms with van der Waals surface area (Å²) in [5, 5.41) is 37.1. The molecule has 4 N–H and O–H groups in total. The molecule has 7 nitrogen and oxygen atoms in total. The normalized spacial score (nSPS) is 9.22. The first-order valence-corrected chi connectivity index (χ1v) is 5.69. The molecule has 0 unspecified atom stereocenters. The van der Waals surface area contributed by atoms with Crippen molar-refractivity contribution in [2.45, 2.75) is 0 Å². The fraction of sp³-hybridized carbons (Fsp3) is 0. The van der Waals surface area contributed by atoms with Crippen LogP contribution in [-0.2, 0) is 0 Å². The number of hydrogen-bond donors (Lipinski definition) is 4. The van der Waals surface area contributed by atoms with Gasteiger partial charge in [0.25, 0.3) is 0 Å². The molecule has 0 radical (unpaired) electrons. The van der Waals surface area contributed by atoms with Crippen LogP contribution in [0, 0.1) is 0 Å². The van der Waals surface area contributed by atoms with Crippen molar-refractivity contribution < 1.29 is 34.8 Å². The van der Waals surface area contributed by atoms with Crippen LogP contribution in [0.25, 0.3) is 0 Å². The van der Waals surface area contributed by atoms with Gasteiger partial charge in [-0.1, -0.05) is 0 Å². The predicted octanol–water partition coefficient (Wildman–Crippen LogP) is 0.424. The molecule has 2 rings (SSSR count). The molecule has 9 heteroatoms. The number of ether oxygens (including phenoxy) is 1. The number of phenols is 3. The van der Waals surface area contributed by atoms with Crippen LogP contribution in [-0.4, -0.2) is 91.5 Å². The van der Waals surface area contributed by atoms with Gasteiger partial charge in [-0.3, -0.25) is 0 Å². The van der Waals surface area contributed by atoms with E-state index in [4.69, 9.17) is 9.84 Å². The van der Waals surface area contributed by atoms with Crippen molar-refractivity contribution in [1.29, 1.82) is 0 Å². The Morgan fingerprint density at radius 2 is 1.39 bits per heavy atom. The van der Waals surface area contributed by atoms with Gasteiger partial charge < -0.3 is 25.2 Å². The Morgan fingerprint density at radius 3 is 2.00 bits per heavy atom. The molecule has 0 bridgehead atoms. The van der Waals surface area contributed by atoms with Gasteiger partial charge in [0.2, 0.25) is 0 Å². The molecule has 0 saturated heterocycles. The van der Waals surface area contributed by atoms with Gasteiger partial charge in [0, 0.05) is 6.07 Å². The van der Waals surface area contributed by atoms with Crippen LogP contribution in [0.1, 0.15) is 20.7 Å². The number of carbonyl (C=O) groups is 2. The van der Waals surface area contributed by atoms with Crippen molar-refractivity contribution in [1.82, 2.24) is 0 Å². The number of carboxylic acids is 1. The third-order valence-corrected chi connectivity index (χ3v) is 2.60. The van der Waals surface area contributed by atoms with Crippen LogP contribution >= 0.6 is 0 Å². The Bertz CT molecular complexity index is 731. The first-order valence-electron chi connectivity index (χ1n) is 5.69. The summed E-state index contributed by atoms with van der Waals surface area (Å²) in [5.74, 6) is -3.79. The molecule has 0 heterocycles. The molecular formula is C14H12Na2O7. The molecule has 0 atom stereocenters. The van der Waals surface area contributed by atoms with Crippen molar-refractivity contribution in [3.63, 3.8) is 0 Å². The minimum atomic E-state index is -1.35. The van der Waals surface area contributed by atoms with E-state index in [0.717, 1.165) is 30.3 Å². The molecular weight excluding hydrogens is 326 g/mol. The van der Waals surface area contributed by atoms with Crippen LogP contribution in [0.4, 0.5) is 0 Å². The monoisotopic (exact) mass is 338 g/mol. The summed E-state index contributed by atoms with van der Waals surface area (Å²) in [6.07, 6.45) is 0. The number of aromatic hydroxyl groups is 3. The number of rotatable bonds is 3. The average Bonchev–Trinajstić information content (AvgIpc) is 2.41. The quantitative estimate of drug-likeness (QED) is 0.277. The van der Waals surface area contributed by atoms with Crippen LogP contribution in [0.5, 0.6) is 23.0 Å². The molecule has 0 saturated carbocycles. The number of phenolic OH excluding ortho intramolecular Hbond substituents is 3. The fourth-order valence-electron chi connectivity index (χ4n) is 1.61. The van der Waals surface area contributed by atoms with E-state index in [0.29, 0.717) is 0 Å². The van der Waals surface area contributed by atoms with Crippen LogP contribution in [0.2, 0.25) is 0 Å². The summed E-state index contributed by atoms with van der Waals surface area (Å²) < 4.78 is 4.86. The van der Waals surface area contributed by atoms with E-state index in [1.54, 1.807) is 0 Å². The summed E-state index contributed by atoms with van der Waals surface area (Å²) in [7, 11) is 0. The Morgan fingerprint density at radius 1 is 0.826 bits per heavy atom. The maximum atomic E-state index is 11.9. The van der Waals surface area contributed by atoms with Gasteiger partial charge in [0.15, 0.2) is 0 Å². The van der Waals surface area contributed by atoms with E-state index >= 15 is 0 Å². The maximum absolute atomic E-state index is 11.9. The van der Waals surface area contributed by atoms with Crippen molar-refractivity contribution >= 4 is 71.1 Å². The van der Waals surface area contributed by atoms with E-state index in [1.165, 1.54) is 6.07 Å². The van der Waals surface area contributed by atoms with Crippen molar-refractivity contribution in [2.75, 3.05) is 0 Å². The SMILES string of the molecule is O=C(Oc1cc(O)ccc1C(=O)O)c1cc(O)ccc1O.[NaH].[NaH]. The number of benzene rings is 2. The molecule has 23 heavy (non-hydrogen) atoms. The summed E-state index contributed by atoms with van der Waals surface area (Å²) in [6.45, 7) is 0. The molecule has 0 aromatic heterocycles. The van der Waals surface area contributed by atoms with Gasteiger partial charge >= 0.3 is 71.1 Å². The summed E-state index contributed by atoms with van der Waals surface area (Å²) in [5.41, 5.74) is -0.671. The second kappa shape index (κ2) is 9.17. The minimum absolute atomic E-state index is 0. The molecule has 0 fully saturated rings. The second-order valence-corrected chi connectivity index (χ2v) is 4.08. The third kappa shape index (κ3) is 5.42. The van der Waals surface area contributed by atoms with Gasteiger partial charge in [-0.15, -0.1) is 0 Å². The van der Waals surface area contributed by atoms with Crippen LogP contribution in [0.15, 0.2) is 36.4 Å². The van der Waals surface area contributed by atoms with Gasteiger partial charge in [0.05, 0.1) is 0 Å². The van der Waals surface area contributed by atoms with E-state index in [-0.39, 0.29) is 87.5 Å². The van der Waals surface area contributed by atoms with Gasteiger partial charge in [-0.2, -0.15) is 0 Å². The van der Waals surface area contributed by atoms with Crippen molar-refractivity contribution in [2.24, 2.45) is 0 Å². The number of carboxylic acid groups (broad SMARTS) is 1. The van der Waals surface area contributed by atoms with Crippen LogP contribution < -0.4 is 4.74 Å². The van der Waals surface area contributed by atoms with Crippen molar-refractivity contribution in [3.05, 3.63) is 47.5 Å². The zero-order valence-corrected chi connectivity index (χ0v) is 10.5. The summed E-state index contributed by atoms with van der Waals surface area (Å²) in [4.78, 5) is 22.9. The van der Waals surface area contributed by atoms with Gasteiger partial charge in [-0.25, -0.2) is 9.59 Å². The van der Waals surface area contributed by atoms with Crippen molar-refractivity contribution in [3.8, 4) is 23.0 Å². The molecule has 0 aliphatic heterocycles. The topological polar surface area (TPSA) is 124 Å². The molecule has 0 aliphatic carbocycles. The number of esters is 1. The standard InChI is InChI=1S/C14H10O7.2Na.2H/c15-7-2-4-11(17)10(5-7)14(20)21-12-6-8(16)1-3-9(12)13(18)19;;;;/h1-6,15-17H,(H,18,19);;;;. The molecule has 0 aliphatic rings. The molecule has 0 spiro atoms. The number of hydrogen-bond acceptors (Lipinski definition) is 6. The summed E-state index contributed by atoms with van der Waals surface area (Å²) in [6, 6.07) is 6.40. The second-order valence-electron chi connectivity index (χ2n) is 4.08. The first-order chi connectivity index (χ1) is 9.88. The predicted molar refractivity (Wildman–Crippen MR) is 84.1 cm³/mol. The molecule has 2 aromatic rings. The van der Waals surface area contributed by atoms with Gasteiger partial charge in [-0.05, 0) is 30.3 Å². The zero-order chi connectivity index (χ0) is 15.6.